The molecule has 6 heteroatoms. The second kappa shape index (κ2) is 6.87. The van der Waals surface area contributed by atoms with Gasteiger partial charge in [0.1, 0.15) is 23.6 Å². The number of hydrogen-bond acceptors (Lipinski definition) is 4. The number of nitrogens with one attached hydrogen (secondary N) is 1. The van der Waals surface area contributed by atoms with Crippen LogP contribution in [0.3, 0.4) is 0 Å². The average Bonchev–Trinajstić information content (AvgIpc) is 2.36. The Kier molecular flexibility index (Phi) is 5.69. The molecule has 0 aliphatic heterocycles. The van der Waals surface area contributed by atoms with E-state index >= 15 is 0 Å². The summed E-state index contributed by atoms with van der Waals surface area (Å²) in [6, 6.07) is 4.21. The van der Waals surface area contributed by atoms with E-state index < -0.39 is 29.7 Å². The molecule has 0 heterocycles. The lowest BCUT2D eigenvalue weighted by atomic mass is 10.0. The van der Waals surface area contributed by atoms with Gasteiger partial charge in [-0.25, -0.2) is 9.18 Å². The normalized spacial score (nSPS) is 14.4. The summed E-state index contributed by atoms with van der Waals surface area (Å²) in [5.41, 5.74) is 0.0530. The van der Waals surface area contributed by atoms with E-state index in [9.17, 15) is 19.4 Å². The van der Waals surface area contributed by atoms with Crippen molar-refractivity contribution in [1.82, 2.24) is 5.32 Å². The molecule has 1 rings (SSSR count). The van der Waals surface area contributed by atoms with Crippen molar-refractivity contribution in [3.05, 3.63) is 35.1 Å². The Morgan fingerprint density at radius 2 is 2.00 bits per heavy atom. The Balaban J connectivity index is 2.56. The highest BCUT2D eigenvalue weighted by atomic mass is 19.1. The summed E-state index contributed by atoms with van der Waals surface area (Å²) >= 11 is 0. The first-order valence-corrected chi connectivity index (χ1v) is 6.69. The maximum absolute atomic E-state index is 13.4. The van der Waals surface area contributed by atoms with E-state index in [1.807, 2.05) is 0 Å². The molecule has 0 aliphatic rings. The van der Waals surface area contributed by atoms with Gasteiger partial charge in [-0.3, -0.25) is 0 Å². The lowest BCUT2D eigenvalue weighted by Crippen LogP contribution is -2.38. The van der Waals surface area contributed by atoms with Crippen LogP contribution in [0.25, 0.3) is 0 Å². The van der Waals surface area contributed by atoms with Crippen molar-refractivity contribution in [3.63, 3.8) is 0 Å². The number of halogens is 1. The van der Waals surface area contributed by atoms with Gasteiger partial charge >= 0.3 is 6.09 Å². The smallest absolute Gasteiger partial charge is 0.407 e. The molecule has 0 spiro atoms. The summed E-state index contributed by atoms with van der Waals surface area (Å²) in [5, 5.41) is 22.1. The average molecular weight is 299 g/mol. The van der Waals surface area contributed by atoms with Crippen LogP contribution in [0.1, 0.15) is 38.0 Å². The number of aliphatic hydroxyl groups excluding tert-OH is 2. The molecule has 1 aromatic rings. The molecule has 0 bridgehead atoms. The van der Waals surface area contributed by atoms with Crippen LogP contribution in [0.4, 0.5) is 9.18 Å². The van der Waals surface area contributed by atoms with Crippen molar-refractivity contribution < 1.29 is 24.1 Å². The Morgan fingerprint density at radius 1 is 1.38 bits per heavy atom. The SMILES string of the molecule is Cc1ccc(C(O)C(O)CNC(=O)OC(C)(C)C)cc1F. The molecule has 0 aliphatic carbocycles. The summed E-state index contributed by atoms with van der Waals surface area (Å²) in [7, 11) is 0. The molecule has 0 saturated carbocycles. The number of aliphatic hydroxyl groups is 2. The highest BCUT2D eigenvalue weighted by Crippen LogP contribution is 2.19. The van der Waals surface area contributed by atoms with Crippen LogP contribution in [0, 0.1) is 12.7 Å². The minimum absolute atomic E-state index is 0.203. The van der Waals surface area contributed by atoms with Crippen molar-refractivity contribution in [2.24, 2.45) is 0 Å². The topological polar surface area (TPSA) is 78.8 Å². The van der Waals surface area contributed by atoms with Gasteiger partial charge in [-0.1, -0.05) is 12.1 Å². The molecule has 21 heavy (non-hydrogen) atoms. The van der Waals surface area contributed by atoms with Crippen LogP contribution in [0.2, 0.25) is 0 Å². The van der Waals surface area contributed by atoms with Gasteiger partial charge in [0.2, 0.25) is 0 Å². The fraction of sp³-hybridized carbons (Fsp3) is 0.533. The second-order valence-corrected chi connectivity index (χ2v) is 5.90. The van der Waals surface area contributed by atoms with E-state index in [-0.39, 0.29) is 12.1 Å². The maximum atomic E-state index is 13.4. The van der Waals surface area contributed by atoms with E-state index in [2.05, 4.69) is 5.32 Å². The first-order chi connectivity index (χ1) is 9.60. The van der Waals surface area contributed by atoms with Crippen LogP contribution < -0.4 is 5.32 Å². The standard InChI is InChI=1S/C15H22FNO4/c1-9-5-6-10(7-11(9)16)13(19)12(18)8-17-14(20)21-15(2,3)4/h5-7,12-13,18-19H,8H2,1-4H3,(H,17,20). The molecular formula is C15H22FNO4. The van der Waals surface area contributed by atoms with Gasteiger partial charge in [-0.2, -0.15) is 0 Å². The van der Waals surface area contributed by atoms with Crippen LogP contribution >= 0.6 is 0 Å². The Morgan fingerprint density at radius 3 is 2.52 bits per heavy atom. The van der Waals surface area contributed by atoms with E-state index in [1.54, 1.807) is 27.7 Å². The molecule has 0 fully saturated rings. The molecule has 118 valence electrons. The summed E-state index contributed by atoms with van der Waals surface area (Å²) in [6.45, 7) is 6.55. The number of amides is 1. The molecule has 0 radical (unpaired) electrons. The Labute approximate surface area is 123 Å². The second-order valence-electron chi connectivity index (χ2n) is 5.90. The zero-order valence-electron chi connectivity index (χ0n) is 12.7. The highest BCUT2D eigenvalue weighted by molar-refractivity contribution is 5.67. The van der Waals surface area contributed by atoms with Gasteiger partial charge in [0.25, 0.3) is 0 Å². The summed E-state index contributed by atoms with van der Waals surface area (Å²) in [4.78, 5) is 11.4. The van der Waals surface area contributed by atoms with Crippen molar-refractivity contribution in [2.75, 3.05) is 6.54 Å². The Bertz CT molecular complexity index is 499. The molecule has 1 aromatic carbocycles. The lowest BCUT2D eigenvalue weighted by molar-refractivity contribution is 0.0128. The molecule has 3 N–H and O–H groups in total. The van der Waals surface area contributed by atoms with E-state index in [0.29, 0.717) is 5.56 Å². The number of benzene rings is 1. The van der Waals surface area contributed by atoms with E-state index in [0.717, 1.165) is 6.07 Å². The van der Waals surface area contributed by atoms with Crippen LogP contribution in [-0.4, -0.2) is 34.6 Å². The van der Waals surface area contributed by atoms with Crippen molar-refractivity contribution in [1.29, 1.82) is 0 Å². The minimum atomic E-state index is -1.30. The molecule has 2 atom stereocenters. The summed E-state index contributed by atoms with van der Waals surface area (Å²) in [6.07, 6.45) is -3.25. The predicted octanol–water partition coefficient (Wildman–Crippen LogP) is 2.05. The maximum Gasteiger partial charge on any atom is 0.407 e. The zero-order valence-corrected chi connectivity index (χ0v) is 12.7. The first-order valence-electron chi connectivity index (χ1n) is 6.69. The zero-order chi connectivity index (χ0) is 16.2. The van der Waals surface area contributed by atoms with E-state index in [4.69, 9.17) is 4.74 Å². The number of aryl methyl sites for hydroxylation is 1. The molecular weight excluding hydrogens is 277 g/mol. The number of rotatable bonds is 4. The lowest BCUT2D eigenvalue weighted by Gasteiger charge is -2.22. The summed E-state index contributed by atoms with van der Waals surface area (Å²) < 4.78 is 18.4. The largest absolute Gasteiger partial charge is 0.444 e. The molecule has 2 unspecified atom stereocenters. The molecule has 0 saturated heterocycles. The fourth-order valence-electron chi connectivity index (χ4n) is 1.63. The number of ether oxygens (including phenoxy) is 1. The number of carbonyl (C=O) groups excluding carboxylic acids is 1. The highest BCUT2D eigenvalue weighted by Gasteiger charge is 2.22. The van der Waals surface area contributed by atoms with Gasteiger partial charge < -0.3 is 20.3 Å². The minimum Gasteiger partial charge on any atom is -0.444 e. The molecule has 0 aromatic heterocycles. The van der Waals surface area contributed by atoms with Crippen molar-refractivity contribution >= 4 is 6.09 Å². The van der Waals surface area contributed by atoms with Gasteiger partial charge in [0.15, 0.2) is 0 Å². The van der Waals surface area contributed by atoms with Crippen molar-refractivity contribution in [2.45, 2.75) is 45.5 Å². The first kappa shape index (κ1) is 17.4. The van der Waals surface area contributed by atoms with Crippen LogP contribution in [0.15, 0.2) is 18.2 Å². The van der Waals surface area contributed by atoms with Gasteiger partial charge in [0, 0.05) is 6.54 Å². The molecule has 1 amide bonds. The van der Waals surface area contributed by atoms with Gasteiger partial charge in [-0.15, -0.1) is 0 Å². The summed E-state index contributed by atoms with van der Waals surface area (Å²) in [5.74, 6) is -0.459. The third-order valence-electron chi connectivity index (χ3n) is 2.76. The monoisotopic (exact) mass is 299 g/mol. The third kappa shape index (κ3) is 5.69. The van der Waals surface area contributed by atoms with Crippen LogP contribution in [0.5, 0.6) is 0 Å². The van der Waals surface area contributed by atoms with Crippen LogP contribution in [-0.2, 0) is 4.74 Å². The molecule has 5 nitrogen and oxygen atoms in total. The quantitative estimate of drug-likeness (QED) is 0.795. The predicted molar refractivity (Wildman–Crippen MR) is 76.3 cm³/mol. The number of carbonyl (C=O) groups is 1. The third-order valence-corrected chi connectivity index (χ3v) is 2.76. The fourth-order valence-corrected chi connectivity index (χ4v) is 1.63. The van der Waals surface area contributed by atoms with Crippen molar-refractivity contribution in [3.8, 4) is 0 Å². The van der Waals surface area contributed by atoms with Gasteiger partial charge in [-0.05, 0) is 44.9 Å². The Hall–Kier alpha value is -1.66. The number of hydrogen-bond donors (Lipinski definition) is 3. The number of alkyl carbamates (subject to hydrolysis) is 1. The van der Waals surface area contributed by atoms with E-state index in [1.165, 1.54) is 12.1 Å². The van der Waals surface area contributed by atoms with Gasteiger partial charge in [0.05, 0.1) is 0 Å².